The second-order valence-corrected chi connectivity index (χ2v) is 4.62. The SMILES string of the molecule is CC1CC(=O)N=C(NC(=N)N2CCCCC2)N1. The monoisotopic (exact) mass is 237 g/mol. The standard InChI is InChI=1S/C11H19N5O/c1-8-7-9(17)14-11(13-8)15-10(12)16-5-3-2-4-6-16/h8H,2-7H2,1H3,(H3,12,13,14,15,17). The van der Waals surface area contributed by atoms with Gasteiger partial charge < -0.3 is 10.2 Å². The van der Waals surface area contributed by atoms with E-state index in [9.17, 15) is 4.79 Å². The van der Waals surface area contributed by atoms with E-state index < -0.39 is 0 Å². The molecule has 1 fully saturated rings. The van der Waals surface area contributed by atoms with Crippen molar-refractivity contribution in [1.82, 2.24) is 15.5 Å². The fourth-order valence-electron chi connectivity index (χ4n) is 2.12. The topological polar surface area (TPSA) is 80.6 Å². The Morgan fingerprint density at radius 2 is 2.18 bits per heavy atom. The zero-order chi connectivity index (χ0) is 12.3. The molecule has 0 aromatic rings. The van der Waals surface area contributed by atoms with Gasteiger partial charge in [0, 0.05) is 25.6 Å². The highest BCUT2D eigenvalue weighted by Crippen LogP contribution is 2.08. The van der Waals surface area contributed by atoms with E-state index in [-0.39, 0.29) is 11.9 Å². The molecule has 1 atom stereocenters. The van der Waals surface area contributed by atoms with Gasteiger partial charge in [-0.05, 0) is 26.2 Å². The maximum absolute atomic E-state index is 11.3. The van der Waals surface area contributed by atoms with Crippen molar-refractivity contribution in [2.75, 3.05) is 13.1 Å². The predicted molar refractivity (Wildman–Crippen MR) is 65.9 cm³/mol. The molecule has 3 N–H and O–H groups in total. The van der Waals surface area contributed by atoms with E-state index in [0.717, 1.165) is 25.9 Å². The third kappa shape index (κ3) is 3.18. The zero-order valence-electron chi connectivity index (χ0n) is 10.1. The lowest BCUT2D eigenvalue weighted by atomic mass is 10.1. The van der Waals surface area contributed by atoms with Gasteiger partial charge in [0.2, 0.25) is 5.96 Å². The summed E-state index contributed by atoms with van der Waals surface area (Å²) in [6, 6.07) is 0.0802. The number of carbonyl (C=O) groups excluding carboxylic acids is 1. The summed E-state index contributed by atoms with van der Waals surface area (Å²) in [7, 11) is 0. The smallest absolute Gasteiger partial charge is 0.250 e. The van der Waals surface area contributed by atoms with E-state index in [1.807, 2.05) is 11.8 Å². The van der Waals surface area contributed by atoms with Crippen LogP contribution in [0, 0.1) is 5.41 Å². The van der Waals surface area contributed by atoms with Crippen molar-refractivity contribution < 1.29 is 4.79 Å². The number of piperidine rings is 1. The number of likely N-dealkylation sites (tertiary alicyclic amines) is 1. The molecular formula is C11H19N5O. The largest absolute Gasteiger partial charge is 0.353 e. The van der Waals surface area contributed by atoms with Crippen LogP contribution in [0.25, 0.3) is 0 Å². The average Bonchev–Trinajstić information content (AvgIpc) is 2.28. The summed E-state index contributed by atoms with van der Waals surface area (Å²) in [6.45, 7) is 3.74. The van der Waals surface area contributed by atoms with Crippen molar-refractivity contribution >= 4 is 17.8 Å². The lowest BCUT2D eigenvalue weighted by Crippen LogP contribution is -2.53. The molecule has 6 nitrogen and oxygen atoms in total. The van der Waals surface area contributed by atoms with E-state index >= 15 is 0 Å². The first kappa shape index (κ1) is 11.9. The molecule has 0 bridgehead atoms. The molecule has 0 aliphatic carbocycles. The van der Waals surface area contributed by atoms with Gasteiger partial charge in [0.05, 0.1) is 0 Å². The molecule has 1 unspecified atom stereocenters. The van der Waals surface area contributed by atoms with E-state index in [2.05, 4.69) is 15.6 Å². The zero-order valence-corrected chi connectivity index (χ0v) is 10.1. The Bertz CT molecular complexity index is 346. The highest BCUT2D eigenvalue weighted by molar-refractivity contribution is 6.03. The Morgan fingerprint density at radius 1 is 1.47 bits per heavy atom. The summed E-state index contributed by atoms with van der Waals surface area (Å²) in [6.07, 6.45) is 3.90. The molecule has 2 aliphatic rings. The molecule has 1 saturated heterocycles. The van der Waals surface area contributed by atoms with Crippen LogP contribution in [0.2, 0.25) is 0 Å². The third-order valence-electron chi connectivity index (χ3n) is 3.01. The fourth-order valence-corrected chi connectivity index (χ4v) is 2.12. The molecule has 17 heavy (non-hydrogen) atoms. The van der Waals surface area contributed by atoms with Gasteiger partial charge in [-0.2, -0.15) is 4.99 Å². The average molecular weight is 237 g/mol. The molecule has 2 aliphatic heterocycles. The van der Waals surface area contributed by atoms with Gasteiger partial charge in [-0.15, -0.1) is 0 Å². The number of hydrogen-bond donors (Lipinski definition) is 3. The first-order valence-corrected chi connectivity index (χ1v) is 6.14. The minimum atomic E-state index is -0.134. The number of amides is 1. The maximum atomic E-state index is 11.3. The summed E-state index contributed by atoms with van der Waals surface area (Å²) in [4.78, 5) is 17.1. The molecule has 0 spiro atoms. The van der Waals surface area contributed by atoms with Crippen LogP contribution in [0.3, 0.4) is 0 Å². The Balaban J connectivity index is 1.91. The first-order valence-electron chi connectivity index (χ1n) is 6.14. The molecular weight excluding hydrogens is 218 g/mol. The predicted octanol–water partition coefficient (Wildman–Crippen LogP) is 0.261. The Kier molecular flexibility index (Phi) is 3.61. The Labute approximate surface area is 101 Å². The quantitative estimate of drug-likeness (QED) is 0.417. The van der Waals surface area contributed by atoms with Crippen LogP contribution < -0.4 is 10.6 Å². The van der Waals surface area contributed by atoms with Crippen LogP contribution in [-0.4, -0.2) is 41.9 Å². The molecule has 0 radical (unpaired) electrons. The van der Waals surface area contributed by atoms with Gasteiger partial charge in [-0.1, -0.05) is 0 Å². The van der Waals surface area contributed by atoms with Crippen molar-refractivity contribution in [2.45, 2.75) is 38.6 Å². The van der Waals surface area contributed by atoms with E-state index in [1.165, 1.54) is 6.42 Å². The molecule has 6 heteroatoms. The lowest BCUT2D eigenvalue weighted by molar-refractivity contribution is -0.118. The van der Waals surface area contributed by atoms with E-state index in [1.54, 1.807) is 0 Å². The molecule has 2 rings (SSSR count). The van der Waals surface area contributed by atoms with Gasteiger partial charge in [0.15, 0.2) is 5.96 Å². The number of rotatable bonds is 0. The van der Waals surface area contributed by atoms with Gasteiger partial charge in [-0.3, -0.25) is 15.5 Å². The molecule has 0 aromatic heterocycles. The van der Waals surface area contributed by atoms with Crippen LogP contribution >= 0.6 is 0 Å². The highest BCUT2D eigenvalue weighted by atomic mass is 16.1. The molecule has 0 aromatic carbocycles. The van der Waals surface area contributed by atoms with E-state index in [4.69, 9.17) is 5.41 Å². The van der Waals surface area contributed by atoms with Crippen LogP contribution in [0.15, 0.2) is 4.99 Å². The fraction of sp³-hybridized carbons (Fsp3) is 0.727. The number of nitrogens with zero attached hydrogens (tertiary/aromatic N) is 2. The minimum Gasteiger partial charge on any atom is -0.353 e. The van der Waals surface area contributed by atoms with Crippen molar-refractivity contribution in [3.05, 3.63) is 0 Å². The molecule has 94 valence electrons. The first-order chi connectivity index (χ1) is 8.15. The maximum Gasteiger partial charge on any atom is 0.250 e. The number of hydrogen-bond acceptors (Lipinski definition) is 3. The minimum absolute atomic E-state index is 0.0802. The van der Waals surface area contributed by atoms with Gasteiger partial charge in [0.1, 0.15) is 0 Å². The van der Waals surface area contributed by atoms with Crippen LogP contribution in [0.4, 0.5) is 0 Å². The van der Waals surface area contributed by atoms with E-state index in [0.29, 0.717) is 18.3 Å². The van der Waals surface area contributed by atoms with Crippen molar-refractivity contribution in [1.29, 1.82) is 5.41 Å². The van der Waals surface area contributed by atoms with Gasteiger partial charge >= 0.3 is 0 Å². The molecule has 0 saturated carbocycles. The number of aliphatic imine (C=N–C) groups is 1. The van der Waals surface area contributed by atoms with Crippen LogP contribution in [0.1, 0.15) is 32.6 Å². The summed E-state index contributed by atoms with van der Waals surface area (Å²) >= 11 is 0. The van der Waals surface area contributed by atoms with Crippen LogP contribution in [0.5, 0.6) is 0 Å². The number of carbonyl (C=O) groups is 1. The second-order valence-electron chi connectivity index (χ2n) is 4.62. The van der Waals surface area contributed by atoms with Gasteiger partial charge in [0.25, 0.3) is 5.91 Å². The molecule has 1 amide bonds. The summed E-state index contributed by atoms with van der Waals surface area (Å²) < 4.78 is 0. The number of nitrogens with one attached hydrogen (secondary N) is 3. The third-order valence-corrected chi connectivity index (χ3v) is 3.01. The number of guanidine groups is 2. The Morgan fingerprint density at radius 3 is 2.82 bits per heavy atom. The van der Waals surface area contributed by atoms with Crippen molar-refractivity contribution in [2.24, 2.45) is 4.99 Å². The highest BCUT2D eigenvalue weighted by Gasteiger charge is 2.20. The normalized spacial score (nSPS) is 25.0. The second kappa shape index (κ2) is 5.16. The molecule has 2 heterocycles. The van der Waals surface area contributed by atoms with Crippen LogP contribution in [-0.2, 0) is 4.79 Å². The Hall–Kier alpha value is -1.59. The van der Waals surface area contributed by atoms with Crippen molar-refractivity contribution in [3.8, 4) is 0 Å². The summed E-state index contributed by atoms with van der Waals surface area (Å²) in [5.74, 6) is 0.604. The summed E-state index contributed by atoms with van der Waals surface area (Å²) in [5, 5.41) is 13.9. The summed E-state index contributed by atoms with van der Waals surface area (Å²) in [5.41, 5.74) is 0. The van der Waals surface area contributed by atoms with Crippen molar-refractivity contribution in [3.63, 3.8) is 0 Å². The van der Waals surface area contributed by atoms with Gasteiger partial charge in [-0.25, -0.2) is 0 Å². The lowest BCUT2D eigenvalue weighted by Gasteiger charge is -2.30.